The first-order chi connectivity index (χ1) is 6.43. The molecule has 0 aromatic rings. The van der Waals surface area contributed by atoms with Gasteiger partial charge < -0.3 is 9.47 Å². The minimum Gasteiger partial charge on any atom is -0.464 e. The van der Waals surface area contributed by atoms with Gasteiger partial charge in [-0.1, -0.05) is 13.8 Å². The van der Waals surface area contributed by atoms with Crippen molar-refractivity contribution in [2.75, 3.05) is 6.61 Å². The van der Waals surface area contributed by atoms with Gasteiger partial charge in [-0.3, -0.25) is 0 Å². The number of ether oxygens (including phenoxy) is 2. The van der Waals surface area contributed by atoms with Crippen LogP contribution in [0.25, 0.3) is 0 Å². The number of carbonyl (C=O) groups excluding carboxylic acids is 1. The van der Waals surface area contributed by atoms with Gasteiger partial charge >= 0.3 is 5.97 Å². The van der Waals surface area contributed by atoms with Gasteiger partial charge in [0.15, 0.2) is 6.10 Å². The van der Waals surface area contributed by atoms with Crippen molar-refractivity contribution < 1.29 is 14.3 Å². The van der Waals surface area contributed by atoms with Crippen molar-refractivity contribution in [3.8, 4) is 0 Å². The van der Waals surface area contributed by atoms with Gasteiger partial charge in [-0.25, -0.2) is 4.79 Å². The molecule has 84 valence electrons. The molecule has 0 aromatic carbocycles. The highest BCUT2D eigenvalue weighted by Crippen LogP contribution is 2.16. The van der Waals surface area contributed by atoms with Gasteiger partial charge in [-0.2, -0.15) is 0 Å². The smallest absolute Gasteiger partial charge is 0.334 e. The molecule has 14 heavy (non-hydrogen) atoms. The van der Waals surface area contributed by atoms with Gasteiger partial charge in [-0.15, -0.1) is 0 Å². The fourth-order valence-corrected chi connectivity index (χ4v) is 0.930. The average Bonchev–Trinajstić information content (AvgIpc) is 2.13. The summed E-state index contributed by atoms with van der Waals surface area (Å²) in [6, 6.07) is 0. The van der Waals surface area contributed by atoms with E-state index in [0.29, 0.717) is 6.61 Å². The van der Waals surface area contributed by atoms with Gasteiger partial charge in [0.1, 0.15) is 0 Å². The molecule has 0 heterocycles. The van der Waals surface area contributed by atoms with E-state index in [0.717, 1.165) is 12.8 Å². The van der Waals surface area contributed by atoms with E-state index in [1.165, 1.54) is 0 Å². The van der Waals surface area contributed by atoms with Crippen LogP contribution in [0.4, 0.5) is 0 Å². The van der Waals surface area contributed by atoms with Crippen LogP contribution < -0.4 is 0 Å². The van der Waals surface area contributed by atoms with Crippen LogP contribution in [-0.4, -0.2) is 24.3 Å². The number of hydrogen-bond donors (Lipinski definition) is 0. The zero-order valence-electron chi connectivity index (χ0n) is 9.92. The first-order valence-electron chi connectivity index (χ1n) is 5.27. The van der Waals surface area contributed by atoms with Gasteiger partial charge in [-0.05, 0) is 33.6 Å². The monoisotopic (exact) mass is 202 g/mol. The highest BCUT2D eigenvalue weighted by molar-refractivity contribution is 5.74. The van der Waals surface area contributed by atoms with Crippen molar-refractivity contribution in [3.63, 3.8) is 0 Å². The van der Waals surface area contributed by atoms with Crippen LogP contribution in [-0.2, 0) is 14.3 Å². The fraction of sp³-hybridized carbons (Fsp3) is 0.909. The van der Waals surface area contributed by atoms with Gasteiger partial charge in [0.05, 0.1) is 12.2 Å². The Balaban J connectivity index is 3.94. The summed E-state index contributed by atoms with van der Waals surface area (Å²) in [7, 11) is 0. The first kappa shape index (κ1) is 13.4. The molecule has 0 aliphatic heterocycles. The Hall–Kier alpha value is -0.570. The van der Waals surface area contributed by atoms with Crippen LogP contribution in [0.3, 0.4) is 0 Å². The Morgan fingerprint density at radius 3 is 2.36 bits per heavy atom. The lowest BCUT2D eigenvalue weighted by atomic mass is 10.1. The van der Waals surface area contributed by atoms with Gasteiger partial charge in [0.25, 0.3) is 0 Å². The lowest BCUT2D eigenvalue weighted by Gasteiger charge is -2.26. The van der Waals surface area contributed by atoms with E-state index in [-0.39, 0.29) is 11.6 Å². The standard InChI is InChI=1S/C11H22O3/c1-6-8-13-10(12)9(3)14-11(4,5)7-2/h9H,6-8H2,1-5H3/t9-/m0/s1. The molecule has 0 saturated carbocycles. The minimum atomic E-state index is -0.475. The molecule has 0 fully saturated rings. The predicted molar refractivity (Wildman–Crippen MR) is 56.2 cm³/mol. The molecule has 0 amide bonds. The Kier molecular flexibility index (Phi) is 5.77. The molecule has 0 rings (SSSR count). The maximum absolute atomic E-state index is 11.3. The zero-order valence-corrected chi connectivity index (χ0v) is 9.92. The average molecular weight is 202 g/mol. The molecule has 0 N–H and O–H groups in total. The Labute approximate surface area is 86.8 Å². The summed E-state index contributed by atoms with van der Waals surface area (Å²) in [5, 5.41) is 0. The van der Waals surface area contributed by atoms with Crippen molar-refractivity contribution in [3.05, 3.63) is 0 Å². The summed E-state index contributed by atoms with van der Waals surface area (Å²) >= 11 is 0. The lowest BCUT2D eigenvalue weighted by molar-refractivity contribution is -0.166. The van der Waals surface area contributed by atoms with Crippen LogP contribution in [0.1, 0.15) is 47.5 Å². The van der Waals surface area contributed by atoms with Crippen molar-refractivity contribution >= 4 is 5.97 Å². The second-order valence-electron chi connectivity index (χ2n) is 4.04. The van der Waals surface area contributed by atoms with Crippen LogP contribution in [0.15, 0.2) is 0 Å². The molecule has 0 aromatic heterocycles. The summed E-state index contributed by atoms with van der Waals surface area (Å²) in [5.41, 5.74) is -0.259. The topological polar surface area (TPSA) is 35.5 Å². The molecule has 0 bridgehead atoms. The Morgan fingerprint density at radius 1 is 1.36 bits per heavy atom. The van der Waals surface area contributed by atoms with Gasteiger partial charge in [0, 0.05) is 0 Å². The molecule has 0 aliphatic rings. The van der Waals surface area contributed by atoms with Crippen molar-refractivity contribution in [2.24, 2.45) is 0 Å². The maximum Gasteiger partial charge on any atom is 0.334 e. The van der Waals surface area contributed by atoms with Crippen LogP contribution in [0.5, 0.6) is 0 Å². The second-order valence-corrected chi connectivity index (χ2v) is 4.04. The summed E-state index contributed by atoms with van der Waals surface area (Å²) in [5.74, 6) is -0.270. The number of carbonyl (C=O) groups is 1. The summed E-state index contributed by atoms with van der Waals surface area (Å²) in [6.45, 7) is 10.1. The first-order valence-corrected chi connectivity index (χ1v) is 5.27. The quantitative estimate of drug-likeness (QED) is 0.621. The molecule has 1 atom stereocenters. The van der Waals surface area contributed by atoms with E-state index in [2.05, 4.69) is 0 Å². The third kappa shape index (κ3) is 5.22. The predicted octanol–water partition coefficient (Wildman–Crippen LogP) is 2.53. The van der Waals surface area contributed by atoms with Crippen LogP contribution >= 0.6 is 0 Å². The van der Waals surface area contributed by atoms with Crippen LogP contribution in [0, 0.1) is 0 Å². The number of rotatable bonds is 6. The molecule has 0 aliphatic carbocycles. The van der Waals surface area contributed by atoms with E-state index in [1.807, 2.05) is 27.7 Å². The molecular formula is C11H22O3. The molecular weight excluding hydrogens is 180 g/mol. The Bertz CT molecular complexity index is 175. The fourth-order valence-electron chi connectivity index (χ4n) is 0.930. The SMILES string of the molecule is CCCOC(=O)[C@H](C)OC(C)(C)CC. The van der Waals surface area contributed by atoms with Crippen molar-refractivity contribution in [1.29, 1.82) is 0 Å². The lowest BCUT2D eigenvalue weighted by Crippen LogP contribution is -2.34. The second kappa shape index (κ2) is 6.02. The minimum absolute atomic E-state index is 0.259. The molecule has 0 spiro atoms. The summed E-state index contributed by atoms with van der Waals surface area (Å²) < 4.78 is 10.6. The van der Waals surface area contributed by atoms with E-state index in [9.17, 15) is 4.79 Å². The normalized spacial score (nSPS) is 13.8. The highest BCUT2D eigenvalue weighted by atomic mass is 16.6. The van der Waals surface area contributed by atoms with E-state index < -0.39 is 6.10 Å². The molecule has 0 saturated heterocycles. The maximum atomic E-state index is 11.3. The highest BCUT2D eigenvalue weighted by Gasteiger charge is 2.24. The largest absolute Gasteiger partial charge is 0.464 e. The van der Waals surface area contributed by atoms with Gasteiger partial charge in [0.2, 0.25) is 0 Å². The molecule has 0 unspecified atom stereocenters. The van der Waals surface area contributed by atoms with E-state index >= 15 is 0 Å². The van der Waals surface area contributed by atoms with E-state index in [1.54, 1.807) is 6.92 Å². The third-order valence-corrected chi connectivity index (χ3v) is 2.13. The van der Waals surface area contributed by atoms with Crippen molar-refractivity contribution in [1.82, 2.24) is 0 Å². The summed E-state index contributed by atoms with van der Waals surface area (Å²) in [6.07, 6.45) is 1.24. The molecule has 0 radical (unpaired) electrons. The number of esters is 1. The molecule has 3 heteroatoms. The third-order valence-electron chi connectivity index (χ3n) is 2.13. The van der Waals surface area contributed by atoms with E-state index in [4.69, 9.17) is 9.47 Å². The van der Waals surface area contributed by atoms with Crippen LogP contribution in [0.2, 0.25) is 0 Å². The van der Waals surface area contributed by atoms with Crippen molar-refractivity contribution in [2.45, 2.75) is 59.2 Å². The number of hydrogen-bond acceptors (Lipinski definition) is 3. The summed E-state index contributed by atoms with van der Waals surface area (Å²) in [4.78, 5) is 11.3. The Morgan fingerprint density at radius 2 is 1.93 bits per heavy atom. The zero-order chi connectivity index (χ0) is 11.2. The molecule has 3 nitrogen and oxygen atoms in total.